The summed E-state index contributed by atoms with van der Waals surface area (Å²) in [6.07, 6.45) is 5.99. The molecule has 134 valence electrons. The zero-order valence-corrected chi connectivity index (χ0v) is 16.8. The third-order valence-corrected chi connectivity index (χ3v) is 4.97. The van der Waals surface area contributed by atoms with E-state index in [1.54, 1.807) is 31.4 Å². The van der Waals surface area contributed by atoms with Crippen molar-refractivity contribution in [2.24, 2.45) is 9.98 Å². The number of ether oxygens (including phenoxy) is 1. The first-order valence-electron chi connectivity index (χ1n) is 8.40. The van der Waals surface area contributed by atoms with Crippen LogP contribution < -0.4 is 4.74 Å². The summed E-state index contributed by atoms with van der Waals surface area (Å²) < 4.78 is 6.27. The van der Waals surface area contributed by atoms with Crippen LogP contribution in [-0.4, -0.2) is 29.6 Å². The molecule has 0 radical (unpaired) electrons. The normalized spacial score (nSPS) is 16.8. The molecule has 0 atom stereocenters. The second kappa shape index (κ2) is 7.48. The van der Waals surface area contributed by atoms with E-state index in [0.717, 1.165) is 20.5 Å². The molecule has 0 saturated heterocycles. The minimum atomic E-state index is -0.329. The quantitative estimate of drug-likeness (QED) is 0.615. The van der Waals surface area contributed by atoms with Crippen molar-refractivity contribution in [2.75, 3.05) is 7.11 Å². The number of benzene rings is 2. The summed E-state index contributed by atoms with van der Waals surface area (Å²) >= 11 is 2.28. The maximum atomic E-state index is 12.7. The largest absolute Gasteiger partial charge is 0.497 e. The summed E-state index contributed by atoms with van der Waals surface area (Å²) in [4.78, 5) is 23.8. The topological polar surface area (TPSA) is 54.3 Å². The van der Waals surface area contributed by atoms with Crippen LogP contribution in [0.25, 0.3) is 0 Å². The van der Waals surface area contributed by atoms with Crippen molar-refractivity contribution in [3.63, 3.8) is 0 Å². The lowest BCUT2D eigenvalue weighted by atomic mass is 10.1. The minimum Gasteiger partial charge on any atom is -0.497 e. The van der Waals surface area contributed by atoms with E-state index in [1.807, 2.05) is 42.6 Å². The molecule has 2 aliphatic rings. The first-order chi connectivity index (χ1) is 13.1. The summed E-state index contributed by atoms with van der Waals surface area (Å²) in [7, 11) is 1.59. The Morgan fingerprint density at radius 1 is 1.15 bits per heavy atom. The van der Waals surface area contributed by atoms with Crippen LogP contribution in [0.2, 0.25) is 0 Å². The fourth-order valence-electron chi connectivity index (χ4n) is 2.94. The lowest BCUT2D eigenvalue weighted by molar-refractivity contribution is 0.100. The zero-order valence-electron chi connectivity index (χ0n) is 14.6. The van der Waals surface area contributed by atoms with Crippen molar-refractivity contribution in [2.45, 2.75) is 6.54 Å². The van der Waals surface area contributed by atoms with Gasteiger partial charge in [-0.3, -0.25) is 4.79 Å². The van der Waals surface area contributed by atoms with E-state index in [9.17, 15) is 4.79 Å². The average Bonchev–Trinajstić information content (AvgIpc) is 2.84. The molecule has 0 bridgehead atoms. The second-order valence-corrected chi connectivity index (χ2v) is 7.32. The Morgan fingerprint density at radius 3 is 2.70 bits per heavy atom. The Kier molecular flexibility index (Phi) is 4.89. The number of amides is 1. The summed E-state index contributed by atoms with van der Waals surface area (Å²) in [6.45, 7) is 0.682. The Bertz CT molecular complexity index is 1020. The summed E-state index contributed by atoms with van der Waals surface area (Å²) in [5, 5.41) is 0. The molecule has 0 spiro atoms. The number of allylic oxidation sites excluding steroid dienone is 2. The molecule has 0 saturated carbocycles. The van der Waals surface area contributed by atoms with Crippen LogP contribution in [0, 0.1) is 0 Å². The van der Waals surface area contributed by atoms with Gasteiger partial charge in [0.15, 0.2) is 5.84 Å². The number of nitrogens with zero attached hydrogens (tertiary/aromatic N) is 3. The highest BCUT2D eigenvalue weighted by Crippen LogP contribution is 2.24. The summed E-state index contributed by atoms with van der Waals surface area (Å²) in [5.74, 6) is 1.57. The SMILES string of the molecule is COc1ccc(C(=O)N=C2N=C3C=CC(I)=CN3Cc3ccccc32)cc1. The Hall–Kier alpha value is -2.74. The predicted octanol–water partition coefficient (Wildman–Crippen LogP) is 4.34. The van der Waals surface area contributed by atoms with E-state index in [2.05, 4.69) is 37.5 Å². The first kappa shape index (κ1) is 17.7. The van der Waals surface area contributed by atoms with Gasteiger partial charge in [-0.1, -0.05) is 24.3 Å². The smallest absolute Gasteiger partial charge is 0.279 e. The van der Waals surface area contributed by atoms with Crippen LogP contribution >= 0.6 is 22.6 Å². The number of hydrogen-bond acceptors (Lipinski definition) is 3. The van der Waals surface area contributed by atoms with E-state index >= 15 is 0 Å². The number of carbonyl (C=O) groups is 1. The monoisotopic (exact) mass is 469 g/mol. The molecular formula is C21H16IN3O2. The van der Waals surface area contributed by atoms with Crippen LogP contribution in [0.15, 0.2) is 80.4 Å². The van der Waals surface area contributed by atoms with Gasteiger partial charge in [0, 0.05) is 27.5 Å². The Labute approximate surface area is 170 Å². The molecule has 0 aromatic heterocycles. The van der Waals surface area contributed by atoms with Crippen LogP contribution in [0.1, 0.15) is 21.5 Å². The van der Waals surface area contributed by atoms with Crippen LogP contribution in [-0.2, 0) is 6.54 Å². The van der Waals surface area contributed by atoms with Crippen molar-refractivity contribution >= 4 is 40.2 Å². The molecule has 0 N–H and O–H groups in total. The fraction of sp³-hybridized carbons (Fsp3) is 0.0952. The number of methoxy groups -OCH3 is 1. The van der Waals surface area contributed by atoms with Crippen LogP contribution in [0.5, 0.6) is 5.75 Å². The molecule has 6 heteroatoms. The van der Waals surface area contributed by atoms with E-state index < -0.39 is 0 Å². The van der Waals surface area contributed by atoms with E-state index in [1.165, 1.54) is 0 Å². The molecule has 27 heavy (non-hydrogen) atoms. The number of fused-ring (bicyclic) bond motifs is 2. The van der Waals surface area contributed by atoms with Crippen molar-refractivity contribution in [1.29, 1.82) is 0 Å². The molecule has 5 nitrogen and oxygen atoms in total. The van der Waals surface area contributed by atoms with Crippen LogP contribution in [0.4, 0.5) is 0 Å². The zero-order chi connectivity index (χ0) is 18.8. The highest BCUT2D eigenvalue weighted by Gasteiger charge is 2.21. The summed E-state index contributed by atoms with van der Waals surface area (Å²) in [5.41, 5.74) is 2.45. The van der Waals surface area contributed by atoms with Gasteiger partial charge < -0.3 is 9.64 Å². The highest BCUT2D eigenvalue weighted by molar-refractivity contribution is 14.1. The second-order valence-electron chi connectivity index (χ2n) is 6.07. The lowest BCUT2D eigenvalue weighted by Gasteiger charge is -2.21. The van der Waals surface area contributed by atoms with Gasteiger partial charge >= 0.3 is 0 Å². The van der Waals surface area contributed by atoms with Crippen molar-refractivity contribution in [1.82, 2.24) is 4.90 Å². The molecule has 2 aliphatic heterocycles. The number of hydrogen-bond donors (Lipinski definition) is 0. The third kappa shape index (κ3) is 3.71. The van der Waals surface area contributed by atoms with Crippen molar-refractivity contribution in [3.8, 4) is 5.75 Å². The third-order valence-electron chi connectivity index (χ3n) is 4.33. The van der Waals surface area contributed by atoms with Gasteiger partial charge in [-0.25, -0.2) is 4.99 Å². The summed E-state index contributed by atoms with van der Waals surface area (Å²) in [6, 6.07) is 14.8. The number of rotatable bonds is 2. The molecular weight excluding hydrogens is 453 g/mol. The molecule has 2 aromatic carbocycles. The van der Waals surface area contributed by atoms with Crippen molar-refractivity contribution < 1.29 is 9.53 Å². The molecule has 0 unspecified atom stereocenters. The van der Waals surface area contributed by atoms with Gasteiger partial charge in [-0.05, 0) is 64.6 Å². The van der Waals surface area contributed by atoms with E-state index in [-0.39, 0.29) is 5.91 Å². The van der Waals surface area contributed by atoms with Crippen molar-refractivity contribution in [3.05, 3.63) is 87.2 Å². The number of halogens is 1. The van der Waals surface area contributed by atoms with Gasteiger partial charge in [0.05, 0.1) is 7.11 Å². The Morgan fingerprint density at radius 2 is 1.93 bits per heavy atom. The maximum Gasteiger partial charge on any atom is 0.279 e. The van der Waals surface area contributed by atoms with E-state index in [4.69, 9.17) is 4.74 Å². The maximum absolute atomic E-state index is 12.7. The predicted molar refractivity (Wildman–Crippen MR) is 115 cm³/mol. The molecule has 2 heterocycles. The number of amidine groups is 2. The van der Waals surface area contributed by atoms with Crippen LogP contribution in [0.3, 0.4) is 0 Å². The number of aliphatic imine (C=N–C) groups is 2. The van der Waals surface area contributed by atoms with E-state index in [0.29, 0.717) is 23.7 Å². The van der Waals surface area contributed by atoms with Gasteiger partial charge in [0.1, 0.15) is 11.6 Å². The highest BCUT2D eigenvalue weighted by atomic mass is 127. The molecule has 4 rings (SSSR count). The minimum absolute atomic E-state index is 0.329. The van der Waals surface area contributed by atoms with Gasteiger partial charge in [-0.2, -0.15) is 4.99 Å². The molecule has 0 aliphatic carbocycles. The fourth-order valence-corrected chi connectivity index (χ4v) is 3.46. The molecule has 2 aromatic rings. The number of carbonyl (C=O) groups excluding carboxylic acids is 1. The molecule has 1 amide bonds. The first-order valence-corrected chi connectivity index (χ1v) is 9.48. The lowest BCUT2D eigenvalue weighted by Crippen LogP contribution is -2.24. The Balaban J connectivity index is 1.77. The average molecular weight is 469 g/mol. The molecule has 0 fully saturated rings. The van der Waals surface area contributed by atoms with Gasteiger partial charge in [0.25, 0.3) is 5.91 Å². The van der Waals surface area contributed by atoms with Gasteiger partial charge in [-0.15, -0.1) is 0 Å². The van der Waals surface area contributed by atoms with Gasteiger partial charge in [0.2, 0.25) is 0 Å². The standard InChI is InChI=1S/C21H16IN3O2/c1-27-17-9-6-14(7-10-17)21(26)24-20-18-5-3-2-4-15(18)12-25-13-16(22)8-11-19(25)23-20/h2-11,13H,12H2,1H3.